The van der Waals surface area contributed by atoms with Crippen LogP contribution in [0, 0.1) is 17.2 Å². The Morgan fingerprint density at radius 1 is 1.04 bits per heavy atom. The van der Waals surface area contributed by atoms with Gasteiger partial charge in [0, 0.05) is 0 Å². The first-order valence-corrected chi connectivity index (χ1v) is 8.82. The monoisotopic (exact) mass is 349 g/mol. The molecule has 0 spiro atoms. The van der Waals surface area contributed by atoms with E-state index in [0.29, 0.717) is 41.6 Å². The van der Waals surface area contributed by atoms with E-state index in [2.05, 4.69) is 0 Å². The van der Waals surface area contributed by atoms with Crippen LogP contribution in [0.3, 0.4) is 0 Å². The van der Waals surface area contributed by atoms with Crippen LogP contribution in [-0.2, 0) is 4.74 Å². The predicted octanol–water partition coefficient (Wildman–Crippen LogP) is 3.72. The number of rotatable bonds is 5. The summed E-state index contributed by atoms with van der Waals surface area (Å²) in [5, 5.41) is 8.78. The van der Waals surface area contributed by atoms with Crippen LogP contribution in [0.2, 0.25) is 0 Å². The molecule has 0 bridgehead atoms. The van der Waals surface area contributed by atoms with Crippen LogP contribution < -0.4 is 9.47 Å². The van der Waals surface area contributed by atoms with Gasteiger partial charge in [0.1, 0.15) is 11.5 Å². The molecule has 0 amide bonds. The minimum absolute atomic E-state index is 0.409. The molecule has 5 heteroatoms. The smallest absolute Gasteiger partial charge is 0.343 e. The summed E-state index contributed by atoms with van der Waals surface area (Å²) in [6.07, 6.45) is 4.33. The molecule has 0 N–H and O–H groups in total. The molecule has 0 radical (unpaired) electrons. The van der Waals surface area contributed by atoms with Gasteiger partial charge >= 0.3 is 5.97 Å². The zero-order valence-electron chi connectivity index (χ0n) is 14.3. The second-order valence-electron chi connectivity index (χ2n) is 6.75. The van der Waals surface area contributed by atoms with Crippen LogP contribution in [0.4, 0.5) is 0 Å². The second kappa shape index (κ2) is 7.19. The molecular weight excluding hydrogens is 330 g/mol. The highest BCUT2D eigenvalue weighted by molar-refractivity contribution is 5.91. The number of ether oxygens (including phenoxy) is 3. The van der Waals surface area contributed by atoms with Gasteiger partial charge in [0.25, 0.3) is 0 Å². The lowest BCUT2D eigenvalue weighted by atomic mass is 9.90. The van der Waals surface area contributed by atoms with Crippen molar-refractivity contribution >= 4 is 5.97 Å². The first-order valence-electron chi connectivity index (χ1n) is 8.82. The fraction of sp³-hybridized carbons (Fsp3) is 0.333. The maximum Gasteiger partial charge on any atom is 0.343 e. The van der Waals surface area contributed by atoms with E-state index in [1.165, 1.54) is 0 Å². The number of nitriles is 1. The quantitative estimate of drug-likeness (QED) is 0.467. The van der Waals surface area contributed by atoms with E-state index in [9.17, 15) is 4.79 Å². The minimum atomic E-state index is -0.439. The third kappa shape index (κ3) is 3.87. The zero-order chi connectivity index (χ0) is 17.9. The molecule has 2 aromatic carbocycles. The van der Waals surface area contributed by atoms with Crippen LogP contribution in [-0.4, -0.2) is 24.8 Å². The van der Waals surface area contributed by atoms with Crippen LogP contribution in [0.5, 0.6) is 11.5 Å². The molecule has 2 aliphatic rings. The van der Waals surface area contributed by atoms with E-state index in [4.69, 9.17) is 19.5 Å². The summed E-state index contributed by atoms with van der Waals surface area (Å²) < 4.78 is 16.7. The maximum atomic E-state index is 12.2. The molecule has 132 valence electrons. The van der Waals surface area contributed by atoms with Crippen molar-refractivity contribution in [2.24, 2.45) is 5.92 Å². The molecule has 1 aliphatic carbocycles. The summed E-state index contributed by atoms with van der Waals surface area (Å²) in [6, 6.07) is 15.4. The third-order valence-electron chi connectivity index (χ3n) is 4.88. The van der Waals surface area contributed by atoms with Crippen molar-refractivity contribution in [3.63, 3.8) is 0 Å². The highest BCUT2D eigenvalue weighted by atomic mass is 16.6. The minimum Gasteiger partial charge on any atom is -0.493 e. The lowest BCUT2D eigenvalue weighted by Gasteiger charge is -2.19. The van der Waals surface area contributed by atoms with Crippen molar-refractivity contribution in [3.8, 4) is 17.6 Å². The second-order valence-corrected chi connectivity index (χ2v) is 6.75. The Balaban J connectivity index is 1.30. The van der Waals surface area contributed by atoms with Gasteiger partial charge in [-0.15, -0.1) is 0 Å². The molecule has 3 unspecified atom stereocenters. The van der Waals surface area contributed by atoms with Crippen LogP contribution >= 0.6 is 0 Å². The van der Waals surface area contributed by atoms with E-state index in [1.807, 2.05) is 6.07 Å². The fourth-order valence-electron chi connectivity index (χ4n) is 3.30. The summed E-state index contributed by atoms with van der Waals surface area (Å²) in [7, 11) is 0. The van der Waals surface area contributed by atoms with Gasteiger partial charge in [-0.05, 0) is 73.7 Å². The van der Waals surface area contributed by atoms with Gasteiger partial charge in [-0.2, -0.15) is 5.26 Å². The number of fused-ring (bicyclic) bond motifs is 1. The number of benzene rings is 2. The van der Waals surface area contributed by atoms with E-state index >= 15 is 0 Å². The standard InChI is InChI=1S/C21H19NO4/c22-12-14-1-6-18(7-2-14)25-21(23)16-4-8-17(9-5-16)24-13-15-3-10-19-20(11-15)26-19/h1-2,4-9,15,19-20H,3,10-11,13H2. The van der Waals surface area contributed by atoms with Gasteiger partial charge in [-0.1, -0.05) is 0 Å². The molecule has 26 heavy (non-hydrogen) atoms. The number of hydrogen-bond donors (Lipinski definition) is 0. The first-order chi connectivity index (χ1) is 12.7. The van der Waals surface area contributed by atoms with E-state index in [-0.39, 0.29) is 0 Å². The van der Waals surface area contributed by atoms with Gasteiger partial charge < -0.3 is 14.2 Å². The Labute approximate surface area is 152 Å². The number of carbonyl (C=O) groups is 1. The number of carbonyl (C=O) groups excluding carboxylic acids is 1. The lowest BCUT2D eigenvalue weighted by molar-refractivity contribution is 0.0734. The van der Waals surface area contributed by atoms with Crippen molar-refractivity contribution < 1.29 is 19.0 Å². The summed E-state index contributed by atoms with van der Waals surface area (Å²) in [6.45, 7) is 0.682. The summed E-state index contributed by atoms with van der Waals surface area (Å²) in [5.74, 6) is 1.26. The first kappa shape index (κ1) is 16.6. The average molecular weight is 349 g/mol. The zero-order valence-corrected chi connectivity index (χ0v) is 14.3. The van der Waals surface area contributed by atoms with Gasteiger partial charge in [0.15, 0.2) is 0 Å². The van der Waals surface area contributed by atoms with Crippen molar-refractivity contribution in [3.05, 3.63) is 59.7 Å². The summed E-state index contributed by atoms with van der Waals surface area (Å²) >= 11 is 0. The molecule has 1 aliphatic heterocycles. The van der Waals surface area contributed by atoms with Crippen LogP contribution in [0.25, 0.3) is 0 Å². The Kier molecular flexibility index (Phi) is 4.59. The molecule has 2 aromatic rings. The molecule has 1 saturated heterocycles. The SMILES string of the molecule is N#Cc1ccc(OC(=O)c2ccc(OCC3CCC4OC4C3)cc2)cc1. The average Bonchev–Trinajstić information content (AvgIpc) is 3.46. The maximum absolute atomic E-state index is 12.2. The molecule has 4 rings (SSSR count). The molecule has 5 nitrogen and oxygen atoms in total. The van der Waals surface area contributed by atoms with Gasteiger partial charge in [0.2, 0.25) is 0 Å². The normalized spacial score (nSPS) is 23.4. The Bertz CT molecular complexity index is 823. The number of esters is 1. The highest BCUT2D eigenvalue weighted by Gasteiger charge is 2.43. The Morgan fingerprint density at radius 3 is 2.46 bits per heavy atom. The van der Waals surface area contributed by atoms with Crippen molar-refractivity contribution in [2.45, 2.75) is 31.5 Å². The largest absolute Gasteiger partial charge is 0.493 e. The highest BCUT2D eigenvalue weighted by Crippen LogP contribution is 2.39. The van der Waals surface area contributed by atoms with E-state index in [0.717, 1.165) is 25.0 Å². The topological polar surface area (TPSA) is 71.8 Å². The molecule has 1 saturated carbocycles. The number of nitrogens with zero attached hydrogens (tertiary/aromatic N) is 1. The fourth-order valence-corrected chi connectivity index (χ4v) is 3.30. The van der Waals surface area contributed by atoms with Crippen molar-refractivity contribution in [2.75, 3.05) is 6.61 Å². The van der Waals surface area contributed by atoms with E-state index in [1.54, 1.807) is 48.5 Å². The van der Waals surface area contributed by atoms with Gasteiger partial charge in [-0.25, -0.2) is 4.79 Å². The predicted molar refractivity (Wildman–Crippen MR) is 94.1 cm³/mol. The Hall–Kier alpha value is -2.84. The molecule has 3 atom stereocenters. The molecule has 1 heterocycles. The number of hydrogen-bond acceptors (Lipinski definition) is 5. The van der Waals surface area contributed by atoms with Gasteiger partial charge in [-0.3, -0.25) is 0 Å². The van der Waals surface area contributed by atoms with Gasteiger partial charge in [0.05, 0.1) is 36.0 Å². The lowest BCUT2D eigenvalue weighted by Crippen LogP contribution is -2.19. The number of epoxide rings is 1. The Morgan fingerprint density at radius 2 is 1.77 bits per heavy atom. The van der Waals surface area contributed by atoms with Crippen molar-refractivity contribution in [1.29, 1.82) is 5.26 Å². The molecular formula is C21H19NO4. The van der Waals surface area contributed by atoms with Crippen LogP contribution in [0.15, 0.2) is 48.5 Å². The summed E-state index contributed by atoms with van der Waals surface area (Å²) in [4.78, 5) is 12.2. The van der Waals surface area contributed by atoms with Crippen molar-refractivity contribution in [1.82, 2.24) is 0 Å². The molecule has 2 fully saturated rings. The summed E-state index contributed by atoms with van der Waals surface area (Å²) in [5.41, 5.74) is 0.974. The third-order valence-corrected chi connectivity index (χ3v) is 4.88. The molecule has 0 aromatic heterocycles. The van der Waals surface area contributed by atoms with Crippen LogP contribution in [0.1, 0.15) is 35.2 Å². The van der Waals surface area contributed by atoms with E-state index < -0.39 is 5.97 Å².